The largest absolute Gasteiger partial charge is 0.436 e. The number of unbranched alkanes of at least 4 members (excludes halogenated alkanes) is 9. The first-order chi connectivity index (χ1) is 60.8. The number of carbonyl (C=O) groups is 4. The Morgan fingerprint density at radius 3 is 1.03 bits per heavy atom. The molecule has 5 aromatic rings. The molecule has 0 saturated carbocycles. The third-order valence-electron chi connectivity index (χ3n) is 23.3. The number of aromatic nitrogens is 3. The third kappa shape index (κ3) is 25.2. The quantitative estimate of drug-likeness (QED) is 0.0136. The second-order valence-corrected chi connectivity index (χ2v) is 32.7. The van der Waals surface area contributed by atoms with E-state index in [2.05, 4.69) is 46.9 Å². The number of hydrogen-bond donors (Lipinski definition) is 12. The lowest BCUT2D eigenvalue weighted by molar-refractivity contribution is -0.229. The number of nitrogens with one attached hydrogen (secondary N) is 6. The summed E-state index contributed by atoms with van der Waals surface area (Å²) in [5.74, 6) is -1.60. The Morgan fingerprint density at radius 2 is 0.717 bits per heavy atom. The molecule has 42 heteroatoms. The summed E-state index contributed by atoms with van der Waals surface area (Å²) in [5.41, 5.74) is -6.01. The molecule has 0 spiro atoms. The Balaban J connectivity index is 0.592. The number of fused-ring (bicyclic) bond motifs is 9. The van der Waals surface area contributed by atoms with Crippen molar-refractivity contribution in [3.63, 3.8) is 0 Å². The molecular formula is C85H111F9N10O23. The number of ether oxygens (including phenoxy) is 13. The number of benzene rings is 2. The van der Waals surface area contributed by atoms with Crippen LogP contribution in [0, 0.1) is 0 Å². The average molecular weight is 1810 g/mol. The summed E-state index contributed by atoms with van der Waals surface area (Å²) in [5, 5.41) is 83.4. The van der Waals surface area contributed by atoms with Gasteiger partial charge in [-0.25, -0.2) is 19.7 Å². The van der Waals surface area contributed by atoms with Crippen LogP contribution in [0.15, 0.2) is 103 Å². The van der Waals surface area contributed by atoms with Crippen LogP contribution in [0.5, 0.6) is 0 Å². The maximum absolute atomic E-state index is 14.9. The molecular weight excluding hydrogens is 1700 g/mol. The molecule has 7 aliphatic rings. The highest BCUT2D eigenvalue weighted by molar-refractivity contribution is 5.80. The van der Waals surface area contributed by atoms with Gasteiger partial charge in [-0.15, -0.1) is 0 Å². The van der Waals surface area contributed by atoms with Crippen molar-refractivity contribution in [2.24, 2.45) is 0 Å². The van der Waals surface area contributed by atoms with Crippen molar-refractivity contribution in [3.8, 4) is 11.1 Å². The fraction of sp³-hybridized carbons (Fsp3) is 0.635. The smallest absolute Gasteiger partial charge is 0.433 e. The van der Waals surface area contributed by atoms with Gasteiger partial charge in [0.25, 0.3) is 0 Å². The number of hydrogen-bond acceptors (Lipinski definition) is 29. The molecule has 12 rings (SSSR count). The second-order valence-electron chi connectivity index (χ2n) is 32.7. The molecule has 702 valence electrons. The first-order valence-electron chi connectivity index (χ1n) is 42.6. The van der Waals surface area contributed by atoms with Crippen LogP contribution in [0.25, 0.3) is 11.1 Å². The third-order valence-corrected chi connectivity index (χ3v) is 23.3. The van der Waals surface area contributed by atoms with Crippen molar-refractivity contribution < 1.29 is 151 Å². The van der Waals surface area contributed by atoms with E-state index in [9.17, 15) is 89.3 Å². The number of carbonyl (C=O) groups excluding carboxylic acids is 4. The van der Waals surface area contributed by atoms with Gasteiger partial charge in [-0.2, -0.15) is 39.5 Å². The van der Waals surface area contributed by atoms with Gasteiger partial charge in [0, 0.05) is 76.9 Å². The fourth-order valence-corrected chi connectivity index (χ4v) is 16.1. The summed E-state index contributed by atoms with van der Waals surface area (Å²) < 4.78 is 198. The predicted octanol–water partition coefficient (Wildman–Crippen LogP) is 7.09. The van der Waals surface area contributed by atoms with Gasteiger partial charge in [0.2, 0.25) is 17.7 Å². The van der Waals surface area contributed by atoms with Gasteiger partial charge in [0.1, 0.15) is 112 Å². The van der Waals surface area contributed by atoms with Gasteiger partial charge in [0.15, 0.2) is 25.0 Å². The Kier molecular flexibility index (Phi) is 34.2. The number of amides is 4. The summed E-state index contributed by atoms with van der Waals surface area (Å²) in [6.45, 7) is -0.474. The SMILES string of the molecule is CN(C(=O)OC1c2ccccc2-c2ccccc21)C(COCCC(=O)NCCCCCCOC[C@@]12CO[C@@H](O1)[C@H](Nc1cccc(C(F)(F)F)n1)[C@@H](O)[C@H]2O)(COCCC(=O)NCCCCCCOC[C@@]12CO[C@@H](O1)[C@H](Nc1cccc(C(F)(F)F)n1)[C@@H](O)[C@H]2O)COCCC(=O)NCCCCCCOC[C@@]12CO[C@@H](O1)[C@H](Nc1cccc(C(F)(F)F)n1)[C@@H](O)[C@H]2O. The minimum Gasteiger partial charge on any atom is -0.436 e. The van der Waals surface area contributed by atoms with Crippen molar-refractivity contribution in [2.75, 3.05) is 142 Å². The number of halogens is 9. The van der Waals surface area contributed by atoms with Crippen LogP contribution >= 0.6 is 0 Å². The van der Waals surface area contributed by atoms with E-state index < -0.39 is 144 Å². The normalized spacial score (nSPS) is 26.0. The van der Waals surface area contributed by atoms with E-state index in [-0.39, 0.29) is 154 Å². The lowest BCUT2D eigenvalue weighted by Crippen LogP contribution is -2.64. The fourth-order valence-electron chi connectivity index (χ4n) is 16.1. The van der Waals surface area contributed by atoms with Gasteiger partial charge in [0.05, 0.1) is 79.3 Å². The Hall–Kier alpha value is -8.38. The lowest BCUT2D eigenvalue weighted by Gasteiger charge is -2.42. The van der Waals surface area contributed by atoms with E-state index in [0.29, 0.717) is 96.7 Å². The maximum Gasteiger partial charge on any atom is 0.433 e. The summed E-state index contributed by atoms with van der Waals surface area (Å²) in [4.78, 5) is 67.0. The molecule has 6 fully saturated rings. The van der Waals surface area contributed by atoms with Crippen molar-refractivity contribution in [1.29, 1.82) is 0 Å². The molecule has 127 heavy (non-hydrogen) atoms. The molecule has 9 heterocycles. The summed E-state index contributed by atoms with van der Waals surface area (Å²) in [6, 6.07) is 21.3. The monoisotopic (exact) mass is 1810 g/mol. The van der Waals surface area contributed by atoms with Gasteiger partial charge in [-0.1, -0.05) is 105 Å². The number of pyridine rings is 3. The first kappa shape index (κ1) is 97.7. The average Bonchev–Trinajstić information content (AvgIpc) is 1.61. The molecule has 3 aromatic heterocycles. The van der Waals surface area contributed by atoms with Crippen LogP contribution in [-0.4, -0.2) is 296 Å². The first-order valence-corrected chi connectivity index (χ1v) is 42.6. The molecule has 15 atom stereocenters. The zero-order chi connectivity index (χ0) is 90.6. The standard InChI is InChI=1S/C85H111F9N10O23/c1-104(78(114)124-71-54-23-10-8-21-52(54)53-22-9-11-24-55(53)71)79(43-118-40-31-62(105)95-34-12-2-5-15-37-115-46-80-49-121-75(125-80)65(68(108)72(80)111)101-59-28-18-25-56(98-59)83(86,87)88,44-119-41-32-63(106)96-35-13-3-6-16-38-116-47-81-50-122-76(126-81)66(69(109)73(81)112)102-60-29-19-26-57(99-60)84(89,90)91)45-120-42-33-64(107)97-36-14-4-7-17-39-117-48-82-51-123-77(127-82)67(70(110)74(82)113)103-61-30-20-27-58(100-61)85(92,93)94/h8-11,18-30,65-77,108-113H,2-7,12-17,31-51H2,1H3,(H,95,105)(H,96,106)(H,97,107)(H,98,101)(H,99,102)(H,100,103)/t65-,66-,67-,68-,69-,70-,72-,73-,74-,75+,76+,77+,80+,81+,82+/m1/s1. The number of rotatable bonds is 50. The van der Waals surface area contributed by atoms with Crippen molar-refractivity contribution in [1.82, 2.24) is 35.8 Å². The van der Waals surface area contributed by atoms with Crippen LogP contribution in [0.3, 0.4) is 0 Å². The number of aliphatic hydroxyl groups excluding tert-OH is 6. The predicted molar refractivity (Wildman–Crippen MR) is 431 cm³/mol. The zero-order valence-electron chi connectivity index (χ0n) is 70.0. The molecule has 4 amide bonds. The summed E-state index contributed by atoms with van der Waals surface area (Å²) >= 11 is 0. The molecule has 12 N–H and O–H groups in total. The van der Waals surface area contributed by atoms with Crippen molar-refractivity contribution in [2.45, 2.75) is 217 Å². The highest BCUT2D eigenvalue weighted by Gasteiger charge is 2.63. The number of aliphatic hydroxyl groups is 6. The minimum absolute atomic E-state index is 0.103. The number of likely N-dealkylation sites (N-methyl/N-ethyl adjacent to an activating group) is 1. The number of nitrogens with zero attached hydrogens (tertiary/aromatic N) is 4. The van der Waals surface area contributed by atoms with E-state index in [4.69, 9.17) is 61.6 Å². The van der Waals surface area contributed by atoms with Crippen LogP contribution in [0.4, 0.5) is 61.8 Å². The highest BCUT2D eigenvalue weighted by Crippen LogP contribution is 2.47. The van der Waals surface area contributed by atoms with Crippen LogP contribution in [-0.2, 0) is 94.5 Å². The molecule has 6 saturated heterocycles. The zero-order valence-corrected chi connectivity index (χ0v) is 70.0. The van der Waals surface area contributed by atoms with E-state index >= 15 is 0 Å². The minimum atomic E-state index is -4.71. The lowest BCUT2D eigenvalue weighted by atomic mass is 9.88. The molecule has 0 radical (unpaired) electrons. The molecule has 33 nitrogen and oxygen atoms in total. The Labute approximate surface area is 726 Å². The molecule has 6 aliphatic heterocycles. The van der Waals surface area contributed by atoms with Crippen LogP contribution in [0.2, 0.25) is 0 Å². The van der Waals surface area contributed by atoms with Gasteiger partial charge >= 0.3 is 24.6 Å². The molecule has 2 aromatic carbocycles. The van der Waals surface area contributed by atoms with E-state index in [1.807, 2.05) is 48.5 Å². The molecule has 0 unspecified atom stereocenters. The van der Waals surface area contributed by atoms with E-state index in [1.54, 1.807) is 0 Å². The number of alkyl halides is 9. The van der Waals surface area contributed by atoms with Gasteiger partial charge in [-0.05, 0) is 86.1 Å². The number of anilines is 3. The van der Waals surface area contributed by atoms with Gasteiger partial charge < -0.3 is 124 Å². The molecule has 1 aliphatic carbocycles. The van der Waals surface area contributed by atoms with E-state index in [1.165, 1.54) is 30.1 Å². The summed E-state index contributed by atoms with van der Waals surface area (Å²) in [6.07, 6.45) is -20.9. The maximum atomic E-state index is 14.9. The Bertz CT molecular complexity index is 4010. The second kappa shape index (κ2) is 44.5. The van der Waals surface area contributed by atoms with Crippen LogP contribution in [0.1, 0.15) is 131 Å². The summed E-state index contributed by atoms with van der Waals surface area (Å²) in [7, 11) is 1.49. The van der Waals surface area contributed by atoms with Crippen molar-refractivity contribution >= 4 is 41.3 Å². The van der Waals surface area contributed by atoms with Crippen LogP contribution < -0.4 is 31.9 Å². The Morgan fingerprint density at radius 1 is 0.409 bits per heavy atom. The topological polar surface area (TPSA) is 424 Å². The molecule has 6 bridgehead atoms. The van der Waals surface area contributed by atoms with Gasteiger partial charge in [-0.3, -0.25) is 19.3 Å². The van der Waals surface area contributed by atoms with Crippen molar-refractivity contribution in [3.05, 3.63) is 131 Å². The van der Waals surface area contributed by atoms with E-state index in [0.717, 1.165) is 58.7 Å². The highest BCUT2D eigenvalue weighted by atomic mass is 19.4.